The minimum atomic E-state index is 0.555. The van der Waals surface area contributed by atoms with Crippen molar-refractivity contribution in [1.82, 2.24) is 15.3 Å². The Hall–Kier alpha value is -1.03. The van der Waals surface area contributed by atoms with E-state index >= 15 is 0 Å². The molecule has 1 aromatic heterocycles. The van der Waals surface area contributed by atoms with Crippen LogP contribution >= 0.6 is 0 Å². The number of anilines is 1. The fraction of sp³-hybridized carbons (Fsp3) is 0.700. The molecule has 0 bridgehead atoms. The van der Waals surface area contributed by atoms with Crippen LogP contribution in [-0.2, 0) is 6.42 Å². The van der Waals surface area contributed by atoms with Crippen molar-refractivity contribution in [2.75, 3.05) is 24.5 Å². The van der Waals surface area contributed by atoms with E-state index in [4.69, 9.17) is 0 Å². The number of rotatable bonds is 2. The summed E-state index contributed by atoms with van der Waals surface area (Å²) in [4.78, 5) is 10.0. The van der Waals surface area contributed by atoms with E-state index in [1.54, 1.807) is 0 Å². The van der Waals surface area contributed by atoms with Gasteiger partial charge < -0.3 is 15.2 Å². The van der Waals surface area contributed by atoms with Crippen molar-refractivity contribution in [3.05, 3.63) is 11.9 Å². The van der Waals surface area contributed by atoms with Crippen molar-refractivity contribution in [3.63, 3.8) is 0 Å². The zero-order valence-corrected chi connectivity index (χ0v) is 8.88. The second-order valence-corrected chi connectivity index (χ2v) is 3.89. The van der Waals surface area contributed by atoms with Gasteiger partial charge >= 0.3 is 0 Å². The van der Waals surface area contributed by atoms with E-state index in [2.05, 4.69) is 34.0 Å². The molecule has 0 aliphatic carbocycles. The van der Waals surface area contributed by atoms with Crippen LogP contribution < -0.4 is 10.2 Å². The Bertz CT molecular complexity index is 294. The highest BCUT2D eigenvalue weighted by Crippen LogP contribution is 2.11. The summed E-state index contributed by atoms with van der Waals surface area (Å²) in [6, 6.07) is 0.555. The van der Waals surface area contributed by atoms with Crippen molar-refractivity contribution in [2.24, 2.45) is 0 Å². The SMILES string of the molecule is CCc1cnc(N2CCNC(C)C2)[nH]1. The lowest BCUT2D eigenvalue weighted by Crippen LogP contribution is -2.49. The molecule has 4 heteroatoms. The summed E-state index contributed by atoms with van der Waals surface area (Å²) in [5.74, 6) is 1.02. The fourth-order valence-electron chi connectivity index (χ4n) is 1.81. The monoisotopic (exact) mass is 194 g/mol. The van der Waals surface area contributed by atoms with Crippen LogP contribution in [0.1, 0.15) is 19.5 Å². The predicted octanol–water partition coefficient (Wildman–Crippen LogP) is 0.770. The van der Waals surface area contributed by atoms with Crippen LogP contribution in [-0.4, -0.2) is 35.6 Å². The van der Waals surface area contributed by atoms with Gasteiger partial charge in [-0.1, -0.05) is 6.92 Å². The molecule has 0 aromatic carbocycles. The molecule has 1 aromatic rings. The fourth-order valence-corrected chi connectivity index (χ4v) is 1.81. The lowest BCUT2D eigenvalue weighted by atomic mass is 10.2. The molecule has 1 aliphatic rings. The number of hydrogen-bond donors (Lipinski definition) is 2. The van der Waals surface area contributed by atoms with Gasteiger partial charge in [-0.25, -0.2) is 4.98 Å². The van der Waals surface area contributed by atoms with Crippen molar-refractivity contribution in [3.8, 4) is 0 Å². The quantitative estimate of drug-likeness (QED) is 0.731. The summed E-state index contributed by atoms with van der Waals surface area (Å²) in [5.41, 5.74) is 1.21. The van der Waals surface area contributed by atoms with Gasteiger partial charge in [0.05, 0.1) is 6.20 Å². The van der Waals surface area contributed by atoms with Gasteiger partial charge in [0, 0.05) is 31.4 Å². The summed E-state index contributed by atoms with van der Waals surface area (Å²) >= 11 is 0. The number of piperazine rings is 1. The third-order valence-electron chi connectivity index (χ3n) is 2.66. The van der Waals surface area contributed by atoms with Crippen molar-refractivity contribution >= 4 is 5.95 Å². The Kier molecular flexibility index (Phi) is 2.72. The zero-order valence-electron chi connectivity index (χ0n) is 8.88. The number of nitrogens with one attached hydrogen (secondary N) is 2. The first-order valence-corrected chi connectivity index (χ1v) is 5.32. The smallest absolute Gasteiger partial charge is 0.203 e. The third kappa shape index (κ3) is 1.90. The highest BCUT2D eigenvalue weighted by Gasteiger charge is 2.17. The molecule has 1 aliphatic heterocycles. The van der Waals surface area contributed by atoms with E-state index in [9.17, 15) is 0 Å². The molecule has 78 valence electrons. The summed E-state index contributed by atoms with van der Waals surface area (Å²) in [6.07, 6.45) is 2.96. The summed E-state index contributed by atoms with van der Waals surface area (Å²) < 4.78 is 0. The molecule has 1 fully saturated rings. The average molecular weight is 194 g/mol. The molecule has 2 N–H and O–H groups in total. The van der Waals surface area contributed by atoms with Crippen molar-refractivity contribution < 1.29 is 0 Å². The molecule has 0 saturated carbocycles. The molecular formula is C10H18N4. The van der Waals surface area contributed by atoms with Gasteiger partial charge in [-0.3, -0.25) is 0 Å². The van der Waals surface area contributed by atoms with Crippen molar-refractivity contribution in [1.29, 1.82) is 0 Å². The largest absolute Gasteiger partial charge is 0.340 e. The third-order valence-corrected chi connectivity index (χ3v) is 2.66. The number of imidazole rings is 1. The minimum Gasteiger partial charge on any atom is -0.340 e. The van der Waals surface area contributed by atoms with Crippen molar-refractivity contribution in [2.45, 2.75) is 26.3 Å². The molecule has 0 spiro atoms. The summed E-state index contributed by atoms with van der Waals surface area (Å²) in [6.45, 7) is 7.47. The average Bonchev–Trinajstić information content (AvgIpc) is 2.66. The van der Waals surface area contributed by atoms with Crippen LogP contribution in [0.15, 0.2) is 6.20 Å². The molecule has 1 saturated heterocycles. The maximum absolute atomic E-state index is 4.39. The Morgan fingerprint density at radius 3 is 3.14 bits per heavy atom. The summed E-state index contributed by atoms with van der Waals surface area (Å²) in [5, 5.41) is 3.42. The highest BCUT2D eigenvalue weighted by atomic mass is 15.3. The van der Waals surface area contributed by atoms with Crippen LogP contribution in [0.3, 0.4) is 0 Å². The van der Waals surface area contributed by atoms with E-state index in [1.807, 2.05) is 6.20 Å². The molecule has 4 nitrogen and oxygen atoms in total. The zero-order chi connectivity index (χ0) is 9.97. The minimum absolute atomic E-state index is 0.555. The number of nitrogens with zero attached hydrogens (tertiary/aromatic N) is 2. The predicted molar refractivity (Wildman–Crippen MR) is 57.6 cm³/mol. The van der Waals surface area contributed by atoms with Gasteiger partial charge in [0.2, 0.25) is 5.95 Å². The van der Waals surface area contributed by atoms with E-state index in [0.717, 1.165) is 32.0 Å². The molecular weight excluding hydrogens is 176 g/mol. The first kappa shape index (κ1) is 9.52. The number of aromatic nitrogens is 2. The summed E-state index contributed by atoms with van der Waals surface area (Å²) in [7, 11) is 0. The van der Waals surface area contributed by atoms with Crippen LogP contribution in [0.25, 0.3) is 0 Å². The second kappa shape index (κ2) is 4.00. The maximum Gasteiger partial charge on any atom is 0.203 e. The standard InChI is InChI=1S/C10H18N4/c1-3-9-6-12-10(13-9)14-5-4-11-8(2)7-14/h6,8,11H,3-5,7H2,1-2H3,(H,12,13). The van der Waals surface area contributed by atoms with Gasteiger partial charge in [-0.2, -0.15) is 0 Å². The number of aromatic amines is 1. The van der Waals surface area contributed by atoms with Gasteiger partial charge in [0.1, 0.15) is 0 Å². The molecule has 2 heterocycles. The lowest BCUT2D eigenvalue weighted by molar-refractivity contribution is 0.480. The Morgan fingerprint density at radius 2 is 2.50 bits per heavy atom. The topological polar surface area (TPSA) is 44.0 Å². The van der Waals surface area contributed by atoms with E-state index in [1.165, 1.54) is 5.69 Å². The molecule has 14 heavy (non-hydrogen) atoms. The Morgan fingerprint density at radius 1 is 1.64 bits per heavy atom. The van der Waals surface area contributed by atoms with Gasteiger partial charge in [-0.15, -0.1) is 0 Å². The highest BCUT2D eigenvalue weighted by molar-refractivity contribution is 5.32. The van der Waals surface area contributed by atoms with Gasteiger partial charge in [0.25, 0.3) is 0 Å². The van der Waals surface area contributed by atoms with E-state index in [0.29, 0.717) is 6.04 Å². The van der Waals surface area contributed by atoms with Gasteiger partial charge in [0.15, 0.2) is 0 Å². The molecule has 0 amide bonds. The van der Waals surface area contributed by atoms with Crippen LogP contribution in [0, 0.1) is 0 Å². The normalized spacial score (nSPS) is 22.7. The van der Waals surface area contributed by atoms with Crippen LogP contribution in [0.2, 0.25) is 0 Å². The maximum atomic E-state index is 4.39. The van der Waals surface area contributed by atoms with Crippen LogP contribution in [0.4, 0.5) is 5.95 Å². The molecule has 2 rings (SSSR count). The first-order chi connectivity index (χ1) is 6.79. The molecule has 1 atom stereocenters. The number of hydrogen-bond acceptors (Lipinski definition) is 3. The van der Waals surface area contributed by atoms with Gasteiger partial charge in [-0.05, 0) is 13.3 Å². The number of H-pyrrole nitrogens is 1. The second-order valence-electron chi connectivity index (χ2n) is 3.89. The van der Waals surface area contributed by atoms with Crippen LogP contribution in [0.5, 0.6) is 0 Å². The Labute approximate surface area is 84.7 Å². The van der Waals surface area contributed by atoms with E-state index in [-0.39, 0.29) is 0 Å². The lowest BCUT2D eigenvalue weighted by Gasteiger charge is -2.31. The Balaban J connectivity index is 2.06. The number of aryl methyl sites for hydroxylation is 1. The first-order valence-electron chi connectivity index (χ1n) is 5.32. The molecule has 0 radical (unpaired) electrons. The van der Waals surface area contributed by atoms with E-state index < -0.39 is 0 Å². The molecule has 1 unspecified atom stereocenters.